The predicted octanol–water partition coefficient (Wildman–Crippen LogP) is 3.60. The molecule has 1 unspecified atom stereocenters. The van der Waals surface area contributed by atoms with Gasteiger partial charge in [0, 0.05) is 25.7 Å². The average molecular weight is 333 g/mol. The smallest absolute Gasteiger partial charge is 0.319 e. The van der Waals surface area contributed by atoms with E-state index in [1.54, 1.807) is 0 Å². The summed E-state index contributed by atoms with van der Waals surface area (Å²) in [6, 6.07) is 7.77. The standard InChI is InChI=1S/C19H31N3O2/c1-15(2)16(11-14-23)20-19(24)21-17-9-5-6-10-18(17)22-12-7-3-4-8-13-22/h5-6,9-10,15-16,23H,3-4,7-8,11-14H2,1-2H3,(H2,20,21,24). The van der Waals surface area contributed by atoms with Crippen LogP contribution in [-0.4, -0.2) is 36.9 Å². The first-order valence-electron chi connectivity index (χ1n) is 9.14. The number of hydrogen-bond donors (Lipinski definition) is 3. The summed E-state index contributed by atoms with van der Waals surface area (Å²) in [7, 11) is 0. The van der Waals surface area contributed by atoms with Crippen molar-refractivity contribution in [2.75, 3.05) is 29.9 Å². The van der Waals surface area contributed by atoms with Crippen LogP contribution in [0.2, 0.25) is 0 Å². The minimum absolute atomic E-state index is 0.0275. The summed E-state index contributed by atoms with van der Waals surface area (Å²) in [6.45, 7) is 6.25. The maximum absolute atomic E-state index is 12.4. The first kappa shape index (κ1) is 18.6. The van der Waals surface area contributed by atoms with Gasteiger partial charge in [0.25, 0.3) is 0 Å². The zero-order valence-corrected chi connectivity index (χ0v) is 14.9. The fraction of sp³-hybridized carbons (Fsp3) is 0.632. The molecule has 134 valence electrons. The van der Waals surface area contributed by atoms with Gasteiger partial charge in [0.1, 0.15) is 0 Å². The Bertz CT molecular complexity index is 511. The van der Waals surface area contributed by atoms with Crippen molar-refractivity contribution in [1.82, 2.24) is 5.32 Å². The SMILES string of the molecule is CC(C)C(CCO)NC(=O)Nc1ccccc1N1CCCCCC1. The summed E-state index contributed by atoms with van der Waals surface area (Å²) in [5.74, 6) is 0.281. The van der Waals surface area contributed by atoms with E-state index in [4.69, 9.17) is 5.11 Å². The molecule has 0 spiro atoms. The number of para-hydroxylation sites is 2. The molecule has 1 aliphatic heterocycles. The van der Waals surface area contributed by atoms with Crippen molar-refractivity contribution >= 4 is 17.4 Å². The molecular formula is C19H31N3O2. The third-order valence-corrected chi connectivity index (χ3v) is 4.66. The largest absolute Gasteiger partial charge is 0.396 e. The van der Waals surface area contributed by atoms with Gasteiger partial charge in [-0.2, -0.15) is 0 Å². The number of urea groups is 1. The molecule has 3 N–H and O–H groups in total. The van der Waals surface area contributed by atoms with Crippen molar-refractivity contribution in [3.8, 4) is 0 Å². The minimum atomic E-state index is -0.204. The Morgan fingerprint density at radius 1 is 1.17 bits per heavy atom. The Morgan fingerprint density at radius 2 is 1.83 bits per heavy atom. The van der Waals surface area contributed by atoms with Crippen LogP contribution >= 0.6 is 0 Å². The van der Waals surface area contributed by atoms with Crippen LogP contribution in [0.4, 0.5) is 16.2 Å². The van der Waals surface area contributed by atoms with Gasteiger partial charge >= 0.3 is 6.03 Å². The summed E-state index contributed by atoms with van der Waals surface area (Å²) in [5.41, 5.74) is 1.95. The molecule has 24 heavy (non-hydrogen) atoms. The first-order chi connectivity index (χ1) is 11.6. The number of hydrogen-bond acceptors (Lipinski definition) is 3. The minimum Gasteiger partial charge on any atom is -0.396 e. The lowest BCUT2D eigenvalue weighted by Crippen LogP contribution is -2.41. The van der Waals surface area contributed by atoms with E-state index in [0.29, 0.717) is 6.42 Å². The molecule has 1 heterocycles. The molecule has 0 aromatic heterocycles. The molecule has 0 radical (unpaired) electrons. The second-order valence-corrected chi connectivity index (χ2v) is 6.88. The highest BCUT2D eigenvalue weighted by Crippen LogP contribution is 2.27. The van der Waals surface area contributed by atoms with Crippen molar-refractivity contribution in [2.24, 2.45) is 5.92 Å². The molecule has 0 aliphatic carbocycles. The van der Waals surface area contributed by atoms with Crippen LogP contribution in [-0.2, 0) is 0 Å². The Balaban J connectivity index is 2.04. The highest BCUT2D eigenvalue weighted by atomic mass is 16.3. The summed E-state index contributed by atoms with van der Waals surface area (Å²) in [5, 5.41) is 15.1. The average Bonchev–Trinajstić information content (AvgIpc) is 2.84. The van der Waals surface area contributed by atoms with E-state index >= 15 is 0 Å². The molecule has 5 nitrogen and oxygen atoms in total. The Kier molecular flexibility index (Phi) is 7.37. The second kappa shape index (κ2) is 9.52. The number of aliphatic hydroxyl groups excluding tert-OH is 1. The van der Waals surface area contributed by atoms with Crippen LogP contribution in [0.15, 0.2) is 24.3 Å². The van der Waals surface area contributed by atoms with Crippen LogP contribution < -0.4 is 15.5 Å². The number of benzene rings is 1. The summed E-state index contributed by atoms with van der Waals surface area (Å²) in [4.78, 5) is 14.8. The van der Waals surface area contributed by atoms with E-state index in [0.717, 1.165) is 24.5 Å². The van der Waals surface area contributed by atoms with E-state index < -0.39 is 0 Å². The van der Waals surface area contributed by atoms with Crippen LogP contribution in [0.5, 0.6) is 0 Å². The van der Waals surface area contributed by atoms with E-state index in [-0.39, 0.29) is 24.6 Å². The summed E-state index contributed by atoms with van der Waals surface area (Å²) in [6.07, 6.45) is 5.53. The molecule has 1 saturated heterocycles. The third kappa shape index (κ3) is 5.41. The summed E-state index contributed by atoms with van der Waals surface area (Å²) >= 11 is 0. The molecule has 5 heteroatoms. The van der Waals surface area contributed by atoms with Crippen molar-refractivity contribution < 1.29 is 9.90 Å². The maximum Gasteiger partial charge on any atom is 0.319 e. The quantitative estimate of drug-likeness (QED) is 0.745. The fourth-order valence-electron chi connectivity index (χ4n) is 3.20. The molecule has 0 bridgehead atoms. The second-order valence-electron chi connectivity index (χ2n) is 6.88. The summed E-state index contributed by atoms with van der Waals surface area (Å²) < 4.78 is 0. The van der Waals surface area contributed by atoms with Gasteiger partial charge in [-0.15, -0.1) is 0 Å². The topological polar surface area (TPSA) is 64.6 Å². The van der Waals surface area contributed by atoms with Crippen molar-refractivity contribution in [2.45, 2.75) is 52.0 Å². The molecule has 1 aliphatic rings. The highest BCUT2D eigenvalue weighted by Gasteiger charge is 2.18. The number of amides is 2. The van der Waals surface area contributed by atoms with Crippen LogP contribution in [0.1, 0.15) is 46.0 Å². The van der Waals surface area contributed by atoms with Crippen molar-refractivity contribution in [1.29, 1.82) is 0 Å². The molecule has 1 atom stereocenters. The zero-order valence-electron chi connectivity index (χ0n) is 14.9. The van der Waals surface area contributed by atoms with Gasteiger partial charge in [-0.3, -0.25) is 0 Å². The predicted molar refractivity (Wildman–Crippen MR) is 99.6 cm³/mol. The van der Waals surface area contributed by atoms with E-state index in [1.807, 2.05) is 32.0 Å². The van der Waals surface area contributed by atoms with Gasteiger partial charge in [0.2, 0.25) is 0 Å². The third-order valence-electron chi connectivity index (χ3n) is 4.66. The molecule has 1 aromatic carbocycles. The number of carbonyl (C=O) groups excluding carboxylic acids is 1. The lowest BCUT2D eigenvalue weighted by Gasteiger charge is -2.26. The molecule has 1 aromatic rings. The van der Waals surface area contributed by atoms with Crippen molar-refractivity contribution in [3.63, 3.8) is 0 Å². The molecule has 1 fully saturated rings. The number of aliphatic hydroxyl groups is 1. The van der Waals surface area contributed by atoms with E-state index in [9.17, 15) is 4.79 Å². The number of nitrogens with one attached hydrogen (secondary N) is 2. The van der Waals surface area contributed by atoms with Crippen LogP contribution in [0, 0.1) is 5.92 Å². The first-order valence-corrected chi connectivity index (χ1v) is 9.14. The Labute approximate surface area is 145 Å². The van der Waals surface area contributed by atoms with Gasteiger partial charge in [0.15, 0.2) is 0 Å². The van der Waals surface area contributed by atoms with Gasteiger partial charge in [-0.1, -0.05) is 38.8 Å². The Hall–Kier alpha value is -1.75. The highest BCUT2D eigenvalue weighted by molar-refractivity contribution is 5.93. The fourth-order valence-corrected chi connectivity index (χ4v) is 3.20. The van der Waals surface area contributed by atoms with Gasteiger partial charge in [0.05, 0.1) is 11.4 Å². The molecule has 2 amide bonds. The molecule has 0 saturated carbocycles. The normalized spacial score (nSPS) is 16.6. The number of rotatable bonds is 6. The maximum atomic E-state index is 12.4. The zero-order chi connectivity index (χ0) is 17.4. The van der Waals surface area contributed by atoms with E-state index in [2.05, 4.69) is 21.6 Å². The van der Waals surface area contributed by atoms with Gasteiger partial charge < -0.3 is 20.6 Å². The van der Waals surface area contributed by atoms with Crippen LogP contribution in [0.3, 0.4) is 0 Å². The lowest BCUT2D eigenvalue weighted by atomic mass is 10.0. The van der Waals surface area contributed by atoms with Gasteiger partial charge in [-0.05, 0) is 37.3 Å². The van der Waals surface area contributed by atoms with E-state index in [1.165, 1.54) is 25.7 Å². The number of nitrogens with zero attached hydrogens (tertiary/aromatic N) is 1. The monoisotopic (exact) mass is 333 g/mol. The number of anilines is 2. The van der Waals surface area contributed by atoms with Crippen molar-refractivity contribution in [3.05, 3.63) is 24.3 Å². The van der Waals surface area contributed by atoms with Crippen LogP contribution in [0.25, 0.3) is 0 Å². The van der Waals surface area contributed by atoms with Gasteiger partial charge in [-0.25, -0.2) is 4.79 Å². The Morgan fingerprint density at radius 3 is 2.46 bits per heavy atom. The lowest BCUT2D eigenvalue weighted by molar-refractivity contribution is 0.227. The molecular weight excluding hydrogens is 302 g/mol. The number of carbonyl (C=O) groups is 1. The molecule has 2 rings (SSSR count).